The summed E-state index contributed by atoms with van der Waals surface area (Å²) in [6, 6.07) is 8.56. The molecule has 3 heterocycles. The van der Waals surface area contributed by atoms with Crippen LogP contribution >= 0.6 is 0 Å². The molecule has 0 atom stereocenters. The number of rotatable bonds is 2. The number of anilines is 1. The monoisotopic (exact) mass is 394 g/mol. The van der Waals surface area contributed by atoms with Gasteiger partial charge in [-0.2, -0.15) is 4.98 Å². The van der Waals surface area contributed by atoms with Crippen molar-refractivity contribution in [3.8, 4) is 0 Å². The van der Waals surface area contributed by atoms with Crippen LogP contribution in [0.15, 0.2) is 50.9 Å². The van der Waals surface area contributed by atoms with Crippen LogP contribution in [0.3, 0.4) is 0 Å². The summed E-state index contributed by atoms with van der Waals surface area (Å²) < 4.78 is 4.81. The number of amides is 1. The van der Waals surface area contributed by atoms with Crippen molar-refractivity contribution in [1.29, 1.82) is 0 Å². The minimum absolute atomic E-state index is 0.0207. The third-order valence-corrected chi connectivity index (χ3v) is 4.98. The molecule has 0 N–H and O–H groups in total. The van der Waals surface area contributed by atoms with E-state index >= 15 is 0 Å². The summed E-state index contributed by atoms with van der Waals surface area (Å²) in [4.78, 5) is 56.6. The van der Waals surface area contributed by atoms with Crippen molar-refractivity contribution in [1.82, 2.24) is 23.1 Å². The lowest BCUT2D eigenvalue weighted by Gasteiger charge is -2.18. The first-order chi connectivity index (χ1) is 13.7. The fourth-order valence-corrected chi connectivity index (χ4v) is 3.34. The smallest absolute Gasteiger partial charge is 0.319 e. The highest BCUT2D eigenvalue weighted by atomic mass is 16.2. The van der Waals surface area contributed by atoms with Gasteiger partial charge in [0.2, 0.25) is 5.78 Å². The Morgan fingerprint density at radius 3 is 2.28 bits per heavy atom. The lowest BCUT2D eigenvalue weighted by atomic mass is 10.2. The number of imidazole rings is 1. The summed E-state index contributed by atoms with van der Waals surface area (Å²) in [5.74, 6) is -0.181. The van der Waals surface area contributed by atoms with Gasteiger partial charge in [-0.1, -0.05) is 18.2 Å². The van der Waals surface area contributed by atoms with Crippen molar-refractivity contribution < 1.29 is 4.79 Å². The van der Waals surface area contributed by atoms with Gasteiger partial charge in [-0.3, -0.25) is 23.5 Å². The van der Waals surface area contributed by atoms with Gasteiger partial charge >= 0.3 is 5.69 Å². The maximum Gasteiger partial charge on any atom is 0.332 e. The first-order valence-corrected chi connectivity index (χ1v) is 8.75. The number of hydrogen-bond donors (Lipinski definition) is 0. The number of hydrogen-bond acceptors (Lipinski definition) is 5. The normalized spacial score (nSPS) is 11.3. The van der Waals surface area contributed by atoms with E-state index < -0.39 is 16.8 Å². The molecule has 0 bridgehead atoms. The number of fused-ring (bicyclic) bond motifs is 3. The van der Waals surface area contributed by atoms with Crippen LogP contribution in [0.5, 0.6) is 0 Å². The van der Waals surface area contributed by atoms with E-state index in [0.29, 0.717) is 5.56 Å². The molecule has 0 radical (unpaired) electrons. The van der Waals surface area contributed by atoms with Gasteiger partial charge in [-0.15, -0.1) is 0 Å². The first-order valence-electron chi connectivity index (χ1n) is 8.75. The summed E-state index contributed by atoms with van der Waals surface area (Å²) in [7, 11) is 5.95. The van der Waals surface area contributed by atoms with Gasteiger partial charge in [0.05, 0.1) is 0 Å². The molecule has 4 rings (SSSR count). The van der Waals surface area contributed by atoms with Crippen molar-refractivity contribution in [2.24, 2.45) is 21.1 Å². The highest BCUT2D eigenvalue weighted by Crippen LogP contribution is 2.15. The third kappa shape index (κ3) is 2.53. The molecule has 1 amide bonds. The highest BCUT2D eigenvalue weighted by Gasteiger charge is 2.23. The van der Waals surface area contributed by atoms with Crippen molar-refractivity contribution in [3.63, 3.8) is 0 Å². The van der Waals surface area contributed by atoms with Gasteiger partial charge in [0.1, 0.15) is 5.69 Å². The number of aromatic nitrogens is 5. The van der Waals surface area contributed by atoms with Gasteiger partial charge in [0.25, 0.3) is 17.0 Å². The van der Waals surface area contributed by atoms with Crippen molar-refractivity contribution in [2.75, 3.05) is 11.9 Å². The van der Waals surface area contributed by atoms with Crippen LogP contribution < -0.4 is 21.7 Å². The molecule has 0 aliphatic heterocycles. The van der Waals surface area contributed by atoms with E-state index in [-0.39, 0.29) is 28.5 Å². The van der Waals surface area contributed by atoms with E-state index in [0.717, 1.165) is 8.97 Å². The minimum Gasteiger partial charge on any atom is -0.319 e. The number of carbonyl (C=O) groups is 1. The summed E-state index contributed by atoms with van der Waals surface area (Å²) >= 11 is 0. The lowest BCUT2D eigenvalue weighted by Crippen LogP contribution is -2.38. The van der Waals surface area contributed by atoms with Crippen molar-refractivity contribution in [2.45, 2.75) is 0 Å². The Labute approximate surface area is 163 Å². The fraction of sp³-hybridized carbons (Fsp3) is 0.211. The number of benzene rings is 1. The zero-order valence-electron chi connectivity index (χ0n) is 16.3. The molecule has 3 aromatic heterocycles. The summed E-state index contributed by atoms with van der Waals surface area (Å²) in [6.45, 7) is 0. The number of nitrogens with zero attached hydrogens (tertiary/aromatic N) is 6. The van der Waals surface area contributed by atoms with E-state index in [2.05, 4.69) is 4.98 Å². The van der Waals surface area contributed by atoms with E-state index in [4.69, 9.17) is 0 Å². The Kier molecular flexibility index (Phi) is 4.00. The topological polar surface area (TPSA) is 104 Å². The summed E-state index contributed by atoms with van der Waals surface area (Å²) in [5, 5.41) is 0. The molecule has 0 unspecified atom stereocenters. The van der Waals surface area contributed by atoms with Crippen LogP contribution in [0.2, 0.25) is 0 Å². The van der Waals surface area contributed by atoms with E-state index in [1.165, 1.54) is 41.4 Å². The van der Waals surface area contributed by atoms with Crippen LogP contribution in [-0.2, 0) is 21.1 Å². The Balaban J connectivity index is 2.06. The summed E-state index contributed by atoms with van der Waals surface area (Å²) in [6.07, 6.45) is 1.48. The average molecular weight is 394 g/mol. The lowest BCUT2D eigenvalue weighted by molar-refractivity contribution is 0.0992. The first kappa shape index (κ1) is 18.4. The molecule has 0 spiro atoms. The molecule has 0 aliphatic rings. The van der Waals surface area contributed by atoms with Gasteiger partial charge in [-0.25, -0.2) is 9.20 Å². The standard InChI is InChI=1S/C19H18N6O4/c1-21-10-12(22(2)15(26)11-8-6-5-7-9-11)16(27)25-13-14(20-18(21)25)23(3)19(29)24(4)17(13)28/h5-10H,1-4H3. The maximum atomic E-state index is 13.3. The van der Waals surface area contributed by atoms with Crippen LogP contribution in [0.4, 0.5) is 5.69 Å². The van der Waals surface area contributed by atoms with E-state index in [9.17, 15) is 19.2 Å². The van der Waals surface area contributed by atoms with Gasteiger partial charge < -0.3 is 9.47 Å². The largest absolute Gasteiger partial charge is 0.332 e. The van der Waals surface area contributed by atoms with Crippen molar-refractivity contribution >= 4 is 28.5 Å². The average Bonchev–Trinajstić information content (AvgIpc) is 3.14. The number of aryl methyl sites for hydroxylation is 2. The molecule has 0 saturated heterocycles. The minimum atomic E-state index is -0.637. The van der Waals surface area contributed by atoms with E-state index in [1.54, 1.807) is 37.4 Å². The molecule has 1 aromatic carbocycles. The van der Waals surface area contributed by atoms with Crippen LogP contribution in [0.25, 0.3) is 16.9 Å². The van der Waals surface area contributed by atoms with Crippen LogP contribution in [-0.4, -0.2) is 36.0 Å². The van der Waals surface area contributed by atoms with Gasteiger partial charge in [0, 0.05) is 40.0 Å². The van der Waals surface area contributed by atoms with Crippen LogP contribution in [0.1, 0.15) is 10.4 Å². The molecular formula is C19H18N6O4. The zero-order chi connectivity index (χ0) is 21.0. The molecule has 10 nitrogen and oxygen atoms in total. The second kappa shape index (κ2) is 6.30. The Morgan fingerprint density at radius 2 is 1.62 bits per heavy atom. The number of carbonyl (C=O) groups excluding carboxylic acids is 1. The molecule has 10 heteroatoms. The predicted molar refractivity (Wildman–Crippen MR) is 108 cm³/mol. The van der Waals surface area contributed by atoms with Gasteiger partial charge in [0.15, 0.2) is 11.2 Å². The SMILES string of the molecule is CN(C(=O)c1ccccc1)c1cn(C)c2nc3c(c(=O)n(C)c(=O)n3C)n2c1=O. The molecule has 4 aromatic rings. The quantitative estimate of drug-likeness (QED) is 0.471. The molecule has 29 heavy (non-hydrogen) atoms. The summed E-state index contributed by atoms with van der Waals surface area (Å²) in [5.41, 5.74) is -1.19. The molecular weight excluding hydrogens is 376 g/mol. The second-order valence-corrected chi connectivity index (χ2v) is 6.79. The molecule has 0 fully saturated rings. The van der Waals surface area contributed by atoms with Gasteiger partial charge in [-0.05, 0) is 12.1 Å². The maximum absolute atomic E-state index is 13.3. The molecule has 148 valence electrons. The van der Waals surface area contributed by atoms with Crippen LogP contribution in [0, 0.1) is 0 Å². The highest BCUT2D eigenvalue weighted by molar-refractivity contribution is 6.05. The Morgan fingerprint density at radius 1 is 0.966 bits per heavy atom. The molecule has 0 saturated carbocycles. The van der Waals surface area contributed by atoms with E-state index in [1.807, 2.05) is 0 Å². The third-order valence-electron chi connectivity index (χ3n) is 4.98. The fourth-order valence-electron chi connectivity index (χ4n) is 3.34. The molecule has 0 aliphatic carbocycles. The predicted octanol–water partition coefficient (Wildman–Crippen LogP) is -0.140. The zero-order valence-corrected chi connectivity index (χ0v) is 16.3. The second-order valence-electron chi connectivity index (χ2n) is 6.79. The van der Waals surface area contributed by atoms with Crippen molar-refractivity contribution in [3.05, 3.63) is 73.3 Å². The Bertz CT molecular complexity index is 1470. The Hall–Kier alpha value is -3.95.